The van der Waals surface area contributed by atoms with E-state index in [1.807, 2.05) is 30.3 Å². The van der Waals surface area contributed by atoms with Gasteiger partial charge in [0.15, 0.2) is 0 Å². The Morgan fingerprint density at radius 3 is 2.33 bits per heavy atom. The first-order valence-corrected chi connectivity index (χ1v) is 7.45. The van der Waals surface area contributed by atoms with E-state index in [0.717, 1.165) is 30.6 Å². The summed E-state index contributed by atoms with van der Waals surface area (Å²) in [5, 5.41) is 0. The van der Waals surface area contributed by atoms with Gasteiger partial charge in [-0.3, -0.25) is 0 Å². The topological polar surface area (TPSA) is 9.23 Å². The Morgan fingerprint density at radius 1 is 1.00 bits per heavy atom. The number of rotatable bonds is 4. The molecular weight excluding hydrogens is 256 g/mol. The van der Waals surface area contributed by atoms with Gasteiger partial charge in [0.1, 0.15) is 11.4 Å². The number of ether oxygens (including phenoxy) is 1. The Hall–Kier alpha value is -2.28. The van der Waals surface area contributed by atoms with Gasteiger partial charge in [-0.1, -0.05) is 66.7 Å². The fraction of sp³-hybridized carbons (Fsp3) is 0.200. The normalized spacial score (nSPS) is 21.2. The van der Waals surface area contributed by atoms with E-state index in [2.05, 4.69) is 49.1 Å². The second-order valence-corrected chi connectivity index (χ2v) is 5.43. The maximum Gasteiger partial charge on any atom is 0.138 e. The highest BCUT2D eigenvalue weighted by Crippen LogP contribution is 2.42. The summed E-state index contributed by atoms with van der Waals surface area (Å²) in [6.07, 6.45) is 6.98. The Kier molecular flexibility index (Phi) is 3.92. The van der Waals surface area contributed by atoms with Crippen LogP contribution in [0.15, 0.2) is 79.4 Å². The van der Waals surface area contributed by atoms with E-state index in [1.165, 1.54) is 5.56 Å². The molecule has 0 radical (unpaired) electrons. The number of hydrogen-bond acceptors (Lipinski definition) is 1. The minimum Gasteiger partial charge on any atom is -0.482 e. The van der Waals surface area contributed by atoms with Crippen molar-refractivity contribution in [1.29, 1.82) is 0 Å². The van der Waals surface area contributed by atoms with E-state index in [1.54, 1.807) is 0 Å². The highest BCUT2D eigenvalue weighted by atomic mass is 16.5. The summed E-state index contributed by atoms with van der Waals surface area (Å²) in [5.74, 6) is 0.979. The van der Waals surface area contributed by atoms with E-state index < -0.39 is 0 Å². The van der Waals surface area contributed by atoms with Gasteiger partial charge in [0.2, 0.25) is 0 Å². The molecule has 3 rings (SSSR count). The molecule has 0 saturated heterocycles. The van der Waals surface area contributed by atoms with Gasteiger partial charge in [-0.2, -0.15) is 0 Å². The minimum atomic E-state index is -0.289. The quantitative estimate of drug-likeness (QED) is 0.688. The Balaban J connectivity index is 1.97. The molecule has 106 valence electrons. The van der Waals surface area contributed by atoms with Gasteiger partial charge >= 0.3 is 0 Å². The lowest BCUT2D eigenvalue weighted by Crippen LogP contribution is -2.31. The van der Waals surface area contributed by atoms with Crippen LogP contribution in [0, 0.1) is 0 Å². The molecule has 0 saturated carbocycles. The van der Waals surface area contributed by atoms with Crippen LogP contribution < -0.4 is 0 Å². The zero-order chi connectivity index (χ0) is 14.5. The first-order chi connectivity index (χ1) is 10.3. The van der Waals surface area contributed by atoms with E-state index in [9.17, 15) is 0 Å². The molecule has 0 bridgehead atoms. The summed E-state index contributed by atoms with van der Waals surface area (Å²) >= 11 is 0. The maximum atomic E-state index is 6.48. The van der Waals surface area contributed by atoms with E-state index in [0.29, 0.717) is 0 Å². The van der Waals surface area contributed by atoms with Crippen LogP contribution in [0.25, 0.3) is 5.76 Å². The van der Waals surface area contributed by atoms with Crippen molar-refractivity contribution in [3.8, 4) is 0 Å². The van der Waals surface area contributed by atoms with Crippen molar-refractivity contribution in [1.82, 2.24) is 0 Å². The Bertz CT molecular complexity index is 627. The number of allylic oxidation sites excluding steroid dienone is 1. The predicted molar refractivity (Wildman–Crippen MR) is 87.7 cm³/mol. The summed E-state index contributed by atoms with van der Waals surface area (Å²) in [6, 6.07) is 20.8. The van der Waals surface area contributed by atoms with Gasteiger partial charge in [0.05, 0.1) is 0 Å². The first kappa shape index (κ1) is 13.7. The molecule has 1 aliphatic heterocycles. The van der Waals surface area contributed by atoms with E-state index in [-0.39, 0.29) is 5.60 Å². The molecule has 1 nitrogen and oxygen atoms in total. The zero-order valence-electron chi connectivity index (χ0n) is 12.2. The lowest BCUT2D eigenvalue weighted by molar-refractivity contribution is 0.0211. The van der Waals surface area contributed by atoms with Crippen LogP contribution in [0.3, 0.4) is 0 Å². The molecular formula is C20H20O. The molecule has 0 fully saturated rings. The molecule has 2 aromatic rings. The highest BCUT2D eigenvalue weighted by molar-refractivity contribution is 5.61. The molecule has 0 aliphatic carbocycles. The molecule has 1 unspecified atom stereocenters. The smallest absolute Gasteiger partial charge is 0.138 e. The summed E-state index contributed by atoms with van der Waals surface area (Å²) < 4.78 is 6.48. The largest absolute Gasteiger partial charge is 0.482 e. The van der Waals surface area contributed by atoms with Gasteiger partial charge in [-0.05, 0) is 24.5 Å². The van der Waals surface area contributed by atoms with Crippen molar-refractivity contribution in [2.24, 2.45) is 0 Å². The number of hydrogen-bond donors (Lipinski definition) is 0. The predicted octanol–water partition coefficient (Wildman–Crippen LogP) is 5.31. The minimum absolute atomic E-state index is 0.289. The Labute approximate surface area is 126 Å². The second-order valence-electron chi connectivity index (χ2n) is 5.43. The molecule has 0 spiro atoms. The fourth-order valence-corrected chi connectivity index (χ4v) is 2.96. The van der Waals surface area contributed by atoms with Crippen molar-refractivity contribution in [2.45, 2.75) is 24.9 Å². The van der Waals surface area contributed by atoms with Gasteiger partial charge in [0, 0.05) is 12.0 Å². The Morgan fingerprint density at radius 2 is 1.67 bits per heavy atom. The van der Waals surface area contributed by atoms with E-state index >= 15 is 0 Å². The van der Waals surface area contributed by atoms with Gasteiger partial charge < -0.3 is 4.74 Å². The van der Waals surface area contributed by atoms with Gasteiger partial charge in [-0.25, -0.2) is 0 Å². The zero-order valence-corrected chi connectivity index (χ0v) is 12.2. The third kappa shape index (κ3) is 2.78. The number of benzene rings is 2. The summed E-state index contributed by atoms with van der Waals surface area (Å²) in [5.41, 5.74) is 2.08. The van der Waals surface area contributed by atoms with Crippen LogP contribution in [0.2, 0.25) is 0 Å². The molecule has 0 amide bonds. The van der Waals surface area contributed by atoms with Crippen molar-refractivity contribution in [3.63, 3.8) is 0 Å². The average molecular weight is 276 g/mol. The molecule has 1 heteroatoms. The fourth-order valence-electron chi connectivity index (χ4n) is 2.96. The lowest BCUT2D eigenvalue weighted by atomic mass is 9.84. The first-order valence-electron chi connectivity index (χ1n) is 7.45. The summed E-state index contributed by atoms with van der Waals surface area (Å²) in [7, 11) is 0. The lowest BCUT2D eigenvalue weighted by Gasteiger charge is -2.38. The summed E-state index contributed by atoms with van der Waals surface area (Å²) in [4.78, 5) is 0. The van der Waals surface area contributed by atoms with Gasteiger partial charge in [-0.15, -0.1) is 6.58 Å². The van der Waals surface area contributed by atoms with Crippen LogP contribution in [0.4, 0.5) is 0 Å². The molecule has 21 heavy (non-hydrogen) atoms. The van der Waals surface area contributed by atoms with Crippen molar-refractivity contribution in [3.05, 3.63) is 90.5 Å². The molecule has 0 N–H and O–H groups in total. The standard InChI is InChI=1S/C20H20O/c1-2-15-20(18-12-7-4-8-13-18)16-9-14-19(21-20)17-10-5-3-6-11-17/h2-8,10-14H,1,9,15-16H2. The molecule has 1 atom stereocenters. The SMILES string of the molecule is C=CCC1(c2ccccc2)CCC=C(c2ccccc2)O1. The van der Waals surface area contributed by atoms with E-state index in [4.69, 9.17) is 4.74 Å². The van der Waals surface area contributed by atoms with Crippen LogP contribution in [-0.4, -0.2) is 0 Å². The highest BCUT2D eigenvalue weighted by Gasteiger charge is 2.35. The maximum absolute atomic E-state index is 6.48. The van der Waals surface area contributed by atoms with Crippen molar-refractivity contribution in [2.75, 3.05) is 0 Å². The van der Waals surface area contributed by atoms with Crippen LogP contribution in [0.1, 0.15) is 30.4 Å². The molecule has 1 heterocycles. The van der Waals surface area contributed by atoms with Crippen LogP contribution in [-0.2, 0) is 10.3 Å². The third-order valence-corrected chi connectivity index (χ3v) is 4.02. The molecule has 0 aromatic heterocycles. The van der Waals surface area contributed by atoms with Gasteiger partial charge in [0.25, 0.3) is 0 Å². The van der Waals surface area contributed by atoms with Crippen molar-refractivity contribution < 1.29 is 4.74 Å². The summed E-state index contributed by atoms with van der Waals surface area (Å²) in [6.45, 7) is 3.92. The molecule has 2 aromatic carbocycles. The molecule has 1 aliphatic rings. The second kappa shape index (κ2) is 6.01. The van der Waals surface area contributed by atoms with Crippen LogP contribution in [0.5, 0.6) is 0 Å². The van der Waals surface area contributed by atoms with Crippen LogP contribution >= 0.6 is 0 Å². The third-order valence-electron chi connectivity index (χ3n) is 4.02. The average Bonchev–Trinajstić information content (AvgIpc) is 2.57. The van der Waals surface area contributed by atoms with Crippen molar-refractivity contribution >= 4 is 5.76 Å². The monoisotopic (exact) mass is 276 g/mol.